The zero-order valence-corrected chi connectivity index (χ0v) is 8.68. The van der Waals surface area contributed by atoms with Gasteiger partial charge in [0.05, 0.1) is 0 Å². The molecule has 0 aliphatic rings. The molecule has 1 unspecified atom stereocenters. The third-order valence-electron chi connectivity index (χ3n) is 1.79. The van der Waals surface area contributed by atoms with Crippen LogP contribution in [0.2, 0.25) is 0 Å². The zero-order valence-electron chi connectivity index (χ0n) is 8.68. The van der Waals surface area contributed by atoms with Crippen LogP contribution < -0.4 is 10.5 Å². The van der Waals surface area contributed by atoms with Crippen LogP contribution in [0.25, 0.3) is 6.08 Å². The summed E-state index contributed by atoms with van der Waals surface area (Å²) in [6.07, 6.45) is 3.78. The minimum atomic E-state index is 0.00835. The van der Waals surface area contributed by atoms with E-state index in [1.807, 2.05) is 49.4 Å². The molecular formula is C12H14N2O. The second-order valence-electron chi connectivity index (χ2n) is 3.20. The molecule has 0 heterocycles. The molecular weight excluding hydrogens is 188 g/mol. The molecule has 0 spiro atoms. The maximum atomic E-state index is 8.42. The maximum Gasteiger partial charge on any atom is 0.174 e. The summed E-state index contributed by atoms with van der Waals surface area (Å²) < 4.78 is 5.27. The van der Waals surface area contributed by atoms with Gasteiger partial charge in [-0.2, -0.15) is 5.26 Å². The van der Waals surface area contributed by atoms with Crippen LogP contribution in [0.3, 0.4) is 0 Å². The third-order valence-corrected chi connectivity index (χ3v) is 1.79. The van der Waals surface area contributed by atoms with Crippen LogP contribution in [0, 0.1) is 11.3 Å². The number of nitriles is 1. The Morgan fingerprint density at radius 2 is 2.27 bits per heavy atom. The van der Waals surface area contributed by atoms with Crippen LogP contribution in [-0.2, 0) is 0 Å². The van der Waals surface area contributed by atoms with Gasteiger partial charge in [0.1, 0.15) is 11.8 Å². The fourth-order valence-corrected chi connectivity index (χ4v) is 1.12. The lowest BCUT2D eigenvalue weighted by molar-refractivity contribution is 0.367. The Kier molecular flexibility index (Phi) is 4.39. The molecule has 2 N–H and O–H groups in total. The van der Waals surface area contributed by atoms with Crippen molar-refractivity contribution < 1.29 is 4.74 Å². The minimum Gasteiger partial charge on any atom is -0.478 e. The highest BCUT2D eigenvalue weighted by Gasteiger charge is 1.98. The first-order valence-corrected chi connectivity index (χ1v) is 4.76. The molecule has 1 aromatic rings. The summed E-state index contributed by atoms with van der Waals surface area (Å²) in [5.74, 6) is 0.705. The van der Waals surface area contributed by atoms with Gasteiger partial charge in [0.15, 0.2) is 6.61 Å². The molecule has 15 heavy (non-hydrogen) atoms. The smallest absolute Gasteiger partial charge is 0.174 e. The first kappa shape index (κ1) is 11.3. The number of nitrogens with two attached hydrogens (primary N) is 1. The number of hydrogen-bond donors (Lipinski definition) is 1. The van der Waals surface area contributed by atoms with Crippen molar-refractivity contribution in [1.82, 2.24) is 0 Å². The van der Waals surface area contributed by atoms with Crippen LogP contribution in [0.5, 0.6) is 5.75 Å². The van der Waals surface area contributed by atoms with Crippen LogP contribution in [0.1, 0.15) is 12.5 Å². The second kappa shape index (κ2) is 5.84. The Balaban J connectivity index is 2.82. The SMILES string of the molecule is CC(N)/C=C/c1ccccc1OCC#N. The molecule has 0 saturated heterocycles. The van der Waals surface area contributed by atoms with E-state index in [2.05, 4.69) is 0 Å². The standard InChI is InChI=1S/C12H14N2O/c1-10(14)6-7-11-4-2-3-5-12(11)15-9-8-13/h2-7,10H,9,14H2,1H3/b7-6+. The number of ether oxygens (including phenoxy) is 1. The van der Waals surface area contributed by atoms with Crippen molar-refractivity contribution in [2.45, 2.75) is 13.0 Å². The summed E-state index contributed by atoms with van der Waals surface area (Å²) in [4.78, 5) is 0. The highest BCUT2D eigenvalue weighted by molar-refractivity contribution is 5.57. The predicted octanol–water partition coefficient (Wildman–Crippen LogP) is 1.95. The lowest BCUT2D eigenvalue weighted by atomic mass is 10.1. The van der Waals surface area contributed by atoms with Crippen molar-refractivity contribution in [2.75, 3.05) is 6.61 Å². The van der Waals surface area contributed by atoms with Gasteiger partial charge in [-0.3, -0.25) is 0 Å². The van der Waals surface area contributed by atoms with Crippen molar-refractivity contribution in [3.63, 3.8) is 0 Å². The van der Waals surface area contributed by atoms with Gasteiger partial charge in [0.2, 0.25) is 0 Å². The predicted molar refractivity (Wildman–Crippen MR) is 60.2 cm³/mol. The summed E-state index contributed by atoms with van der Waals surface area (Å²) in [5.41, 5.74) is 6.55. The molecule has 0 bridgehead atoms. The Bertz CT molecular complexity index is 377. The number of hydrogen-bond acceptors (Lipinski definition) is 3. The molecule has 0 fully saturated rings. The molecule has 0 amide bonds. The average Bonchev–Trinajstić information content (AvgIpc) is 2.24. The van der Waals surface area contributed by atoms with E-state index in [-0.39, 0.29) is 12.6 Å². The Labute approximate surface area is 89.8 Å². The van der Waals surface area contributed by atoms with Gasteiger partial charge in [-0.25, -0.2) is 0 Å². The van der Waals surface area contributed by atoms with Crippen molar-refractivity contribution in [2.24, 2.45) is 5.73 Å². The van der Waals surface area contributed by atoms with E-state index in [4.69, 9.17) is 15.7 Å². The van der Waals surface area contributed by atoms with Gasteiger partial charge < -0.3 is 10.5 Å². The maximum absolute atomic E-state index is 8.42. The number of rotatable bonds is 4. The summed E-state index contributed by atoms with van der Waals surface area (Å²) in [6.45, 7) is 1.96. The van der Waals surface area contributed by atoms with Crippen LogP contribution >= 0.6 is 0 Å². The van der Waals surface area contributed by atoms with Crippen molar-refractivity contribution >= 4 is 6.08 Å². The van der Waals surface area contributed by atoms with Crippen molar-refractivity contribution in [3.8, 4) is 11.8 Å². The quantitative estimate of drug-likeness (QED) is 0.811. The van der Waals surface area contributed by atoms with Crippen LogP contribution in [0.4, 0.5) is 0 Å². The second-order valence-corrected chi connectivity index (χ2v) is 3.20. The Hall–Kier alpha value is -1.79. The summed E-state index contributed by atoms with van der Waals surface area (Å²) in [6, 6.07) is 9.49. The van der Waals surface area contributed by atoms with E-state index >= 15 is 0 Å². The van der Waals surface area contributed by atoms with Gasteiger partial charge in [0, 0.05) is 11.6 Å². The summed E-state index contributed by atoms with van der Waals surface area (Å²) >= 11 is 0. The molecule has 3 heteroatoms. The fourth-order valence-electron chi connectivity index (χ4n) is 1.12. The van der Waals surface area contributed by atoms with Gasteiger partial charge in [0.25, 0.3) is 0 Å². The highest BCUT2D eigenvalue weighted by atomic mass is 16.5. The van der Waals surface area contributed by atoms with Crippen molar-refractivity contribution in [1.29, 1.82) is 5.26 Å². The monoisotopic (exact) mass is 202 g/mol. The van der Waals surface area contributed by atoms with Crippen LogP contribution in [0.15, 0.2) is 30.3 Å². The van der Waals surface area contributed by atoms with E-state index in [9.17, 15) is 0 Å². The van der Waals surface area contributed by atoms with E-state index in [0.29, 0.717) is 5.75 Å². The lowest BCUT2D eigenvalue weighted by Gasteiger charge is -2.05. The van der Waals surface area contributed by atoms with Gasteiger partial charge in [-0.15, -0.1) is 0 Å². The van der Waals surface area contributed by atoms with Gasteiger partial charge >= 0.3 is 0 Å². The van der Waals surface area contributed by atoms with E-state index < -0.39 is 0 Å². The lowest BCUT2D eigenvalue weighted by Crippen LogP contribution is -2.10. The third kappa shape index (κ3) is 3.84. The molecule has 0 saturated carbocycles. The molecule has 1 rings (SSSR count). The first-order valence-electron chi connectivity index (χ1n) is 4.76. The summed E-state index contributed by atoms with van der Waals surface area (Å²) in [5, 5.41) is 8.42. The van der Waals surface area contributed by atoms with Crippen molar-refractivity contribution in [3.05, 3.63) is 35.9 Å². The van der Waals surface area contributed by atoms with Gasteiger partial charge in [-0.1, -0.05) is 30.4 Å². The largest absolute Gasteiger partial charge is 0.478 e. The minimum absolute atomic E-state index is 0.00835. The number of benzene rings is 1. The molecule has 1 atom stereocenters. The Morgan fingerprint density at radius 3 is 2.93 bits per heavy atom. The molecule has 0 aromatic heterocycles. The Morgan fingerprint density at radius 1 is 1.53 bits per heavy atom. The summed E-state index contributed by atoms with van der Waals surface area (Å²) in [7, 11) is 0. The molecule has 0 radical (unpaired) electrons. The molecule has 0 aliphatic carbocycles. The normalized spacial score (nSPS) is 12.3. The fraction of sp³-hybridized carbons (Fsp3) is 0.250. The van der Waals surface area contributed by atoms with E-state index in [1.165, 1.54) is 0 Å². The molecule has 3 nitrogen and oxygen atoms in total. The first-order chi connectivity index (χ1) is 7.24. The highest BCUT2D eigenvalue weighted by Crippen LogP contribution is 2.19. The average molecular weight is 202 g/mol. The van der Waals surface area contributed by atoms with Gasteiger partial charge in [-0.05, 0) is 13.0 Å². The van der Waals surface area contributed by atoms with E-state index in [1.54, 1.807) is 0 Å². The molecule has 78 valence electrons. The number of nitrogens with zero attached hydrogens (tertiary/aromatic N) is 1. The zero-order chi connectivity index (χ0) is 11.1. The van der Waals surface area contributed by atoms with E-state index in [0.717, 1.165) is 5.56 Å². The molecule has 0 aliphatic heterocycles. The molecule has 1 aromatic carbocycles. The topological polar surface area (TPSA) is 59.0 Å². The van der Waals surface area contributed by atoms with Crippen LogP contribution in [-0.4, -0.2) is 12.6 Å². The number of para-hydroxylation sites is 1.